The van der Waals surface area contributed by atoms with E-state index in [0.29, 0.717) is 13.2 Å². The van der Waals surface area contributed by atoms with Gasteiger partial charge in [-0.05, 0) is 59.3 Å². The molecule has 0 spiro atoms. The molecule has 1 aromatic rings. The third kappa shape index (κ3) is 1.96. The number of fused-ring (bicyclic) bond motifs is 1. The standard InChI is InChI=1S/C15H20BrNO2/c1-3-10-11(15(4-5-15)9(2)17)8-12-14(13(10)16)19-7-6-18-12/h8-9H,3-7,17H2,1-2H3. The largest absolute Gasteiger partial charge is 0.486 e. The van der Waals surface area contributed by atoms with Crippen molar-refractivity contribution in [2.24, 2.45) is 5.73 Å². The van der Waals surface area contributed by atoms with E-state index < -0.39 is 0 Å². The third-order valence-corrected chi connectivity index (χ3v) is 5.26. The van der Waals surface area contributed by atoms with Gasteiger partial charge in [0, 0.05) is 11.5 Å². The summed E-state index contributed by atoms with van der Waals surface area (Å²) in [4.78, 5) is 0. The van der Waals surface area contributed by atoms with Crippen LogP contribution in [0.25, 0.3) is 0 Å². The predicted molar refractivity (Wildman–Crippen MR) is 79.1 cm³/mol. The van der Waals surface area contributed by atoms with Gasteiger partial charge in [-0.15, -0.1) is 0 Å². The van der Waals surface area contributed by atoms with Gasteiger partial charge in [0.05, 0.1) is 4.47 Å². The fourth-order valence-corrected chi connectivity index (χ4v) is 3.88. The Bertz CT molecular complexity index is 509. The summed E-state index contributed by atoms with van der Waals surface area (Å²) in [7, 11) is 0. The highest BCUT2D eigenvalue weighted by Gasteiger charge is 2.49. The van der Waals surface area contributed by atoms with Crippen molar-refractivity contribution in [2.45, 2.75) is 44.6 Å². The molecule has 3 nitrogen and oxygen atoms in total. The maximum atomic E-state index is 6.23. The van der Waals surface area contributed by atoms with Crippen LogP contribution in [0.3, 0.4) is 0 Å². The Morgan fingerprint density at radius 3 is 2.63 bits per heavy atom. The van der Waals surface area contributed by atoms with E-state index in [9.17, 15) is 0 Å². The summed E-state index contributed by atoms with van der Waals surface area (Å²) < 4.78 is 12.5. The van der Waals surface area contributed by atoms with Gasteiger partial charge in [0.1, 0.15) is 13.2 Å². The second-order valence-corrected chi connectivity index (χ2v) is 6.33. The molecule has 1 heterocycles. The van der Waals surface area contributed by atoms with Crippen molar-refractivity contribution >= 4 is 15.9 Å². The Balaban J connectivity index is 2.17. The Hall–Kier alpha value is -0.740. The van der Waals surface area contributed by atoms with Gasteiger partial charge in [0.15, 0.2) is 11.5 Å². The highest BCUT2D eigenvalue weighted by atomic mass is 79.9. The lowest BCUT2D eigenvalue weighted by atomic mass is 9.85. The van der Waals surface area contributed by atoms with Gasteiger partial charge in [0.2, 0.25) is 0 Å². The fourth-order valence-electron chi connectivity index (χ4n) is 3.08. The van der Waals surface area contributed by atoms with Crippen molar-refractivity contribution < 1.29 is 9.47 Å². The van der Waals surface area contributed by atoms with E-state index in [1.165, 1.54) is 24.0 Å². The van der Waals surface area contributed by atoms with Gasteiger partial charge in [-0.3, -0.25) is 0 Å². The number of hydrogen-bond acceptors (Lipinski definition) is 3. The smallest absolute Gasteiger partial charge is 0.175 e. The van der Waals surface area contributed by atoms with Crippen LogP contribution in [0.15, 0.2) is 10.5 Å². The second kappa shape index (κ2) is 4.67. The van der Waals surface area contributed by atoms with Crippen LogP contribution in [0.2, 0.25) is 0 Å². The minimum Gasteiger partial charge on any atom is -0.486 e. The van der Waals surface area contributed by atoms with E-state index in [1.54, 1.807) is 0 Å². The van der Waals surface area contributed by atoms with Crippen molar-refractivity contribution in [2.75, 3.05) is 13.2 Å². The molecule has 2 aliphatic rings. The van der Waals surface area contributed by atoms with Crippen LogP contribution in [-0.4, -0.2) is 19.3 Å². The zero-order valence-corrected chi connectivity index (χ0v) is 13.0. The SMILES string of the molecule is CCc1c(C2(C(C)N)CC2)cc2c(c1Br)OCCO2. The lowest BCUT2D eigenvalue weighted by Gasteiger charge is -2.28. The number of hydrogen-bond donors (Lipinski definition) is 1. The number of ether oxygens (including phenoxy) is 2. The molecular formula is C15H20BrNO2. The minimum atomic E-state index is 0.143. The van der Waals surface area contributed by atoms with Crippen molar-refractivity contribution in [1.29, 1.82) is 0 Å². The molecule has 0 saturated heterocycles. The molecular weight excluding hydrogens is 306 g/mol. The minimum absolute atomic E-state index is 0.143. The molecule has 0 amide bonds. The summed E-state index contributed by atoms with van der Waals surface area (Å²) in [6.07, 6.45) is 3.31. The van der Waals surface area contributed by atoms with Crippen LogP contribution in [0.5, 0.6) is 11.5 Å². The molecule has 104 valence electrons. The first-order valence-electron chi connectivity index (χ1n) is 6.97. The van der Waals surface area contributed by atoms with E-state index in [1.807, 2.05) is 0 Å². The summed E-state index contributed by atoms with van der Waals surface area (Å²) in [5.41, 5.74) is 9.04. The molecule has 1 aliphatic heterocycles. The molecule has 3 rings (SSSR count). The number of nitrogens with two attached hydrogens (primary N) is 1. The Kier molecular flexibility index (Phi) is 3.26. The van der Waals surface area contributed by atoms with E-state index in [-0.39, 0.29) is 11.5 Å². The van der Waals surface area contributed by atoms with E-state index >= 15 is 0 Å². The molecule has 2 N–H and O–H groups in total. The van der Waals surface area contributed by atoms with E-state index in [4.69, 9.17) is 15.2 Å². The number of halogens is 1. The normalized spacial score (nSPS) is 21.1. The lowest BCUT2D eigenvalue weighted by molar-refractivity contribution is 0.170. The summed E-state index contributed by atoms with van der Waals surface area (Å²) in [5.74, 6) is 1.71. The molecule has 0 radical (unpaired) electrons. The van der Waals surface area contributed by atoms with Crippen LogP contribution < -0.4 is 15.2 Å². The van der Waals surface area contributed by atoms with Crippen LogP contribution in [-0.2, 0) is 11.8 Å². The molecule has 0 bridgehead atoms. The Labute approximate surface area is 122 Å². The van der Waals surface area contributed by atoms with Gasteiger partial charge in [0.25, 0.3) is 0 Å². The van der Waals surface area contributed by atoms with Crippen molar-refractivity contribution in [3.8, 4) is 11.5 Å². The van der Waals surface area contributed by atoms with Crippen LogP contribution in [0.1, 0.15) is 37.8 Å². The fraction of sp³-hybridized carbons (Fsp3) is 0.600. The first kappa shape index (κ1) is 13.3. The van der Waals surface area contributed by atoms with Gasteiger partial charge < -0.3 is 15.2 Å². The number of benzene rings is 1. The molecule has 4 heteroatoms. The topological polar surface area (TPSA) is 44.5 Å². The quantitative estimate of drug-likeness (QED) is 0.928. The maximum absolute atomic E-state index is 6.23. The summed E-state index contributed by atoms with van der Waals surface area (Å²) in [6.45, 7) is 5.52. The molecule has 1 fully saturated rings. The third-order valence-electron chi connectivity index (χ3n) is 4.43. The van der Waals surface area contributed by atoms with E-state index in [2.05, 4.69) is 35.8 Å². The lowest BCUT2D eigenvalue weighted by Crippen LogP contribution is -2.32. The average Bonchev–Trinajstić information content (AvgIpc) is 3.20. The summed E-state index contributed by atoms with van der Waals surface area (Å²) in [5, 5.41) is 0. The van der Waals surface area contributed by atoms with Gasteiger partial charge in [-0.25, -0.2) is 0 Å². The first-order chi connectivity index (χ1) is 9.10. The van der Waals surface area contributed by atoms with E-state index in [0.717, 1.165) is 22.4 Å². The van der Waals surface area contributed by atoms with Gasteiger partial charge >= 0.3 is 0 Å². The first-order valence-corrected chi connectivity index (χ1v) is 7.76. The molecule has 1 saturated carbocycles. The molecule has 1 aliphatic carbocycles. The Morgan fingerprint density at radius 1 is 1.37 bits per heavy atom. The summed E-state index contributed by atoms with van der Waals surface area (Å²) in [6, 6.07) is 2.33. The summed E-state index contributed by atoms with van der Waals surface area (Å²) >= 11 is 3.70. The van der Waals surface area contributed by atoms with Crippen LogP contribution in [0, 0.1) is 0 Å². The zero-order valence-electron chi connectivity index (χ0n) is 11.5. The molecule has 1 atom stereocenters. The maximum Gasteiger partial charge on any atom is 0.175 e. The van der Waals surface area contributed by atoms with Crippen molar-refractivity contribution in [1.82, 2.24) is 0 Å². The molecule has 1 aromatic carbocycles. The van der Waals surface area contributed by atoms with Crippen LogP contribution in [0.4, 0.5) is 0 Å². The van der Waals surface area contributed by atoms with Gasteiger partial charge in [-0.2, -0.15) is 0 Å². The van der Waals surface area contributed by atoms with Crippen molar-refractivity contribution in [3.05, 3.63) is 21.7 Å². The second-order valence-electron chi connectivity index (χ2n) is 5.54. The zero-order chi connectivity index (χ0) is 13.6. The highest BCUT2D eigenvalue weighted by molar-refractivity contribution is 9.10. The van der Waals surface area contributed by atoms with Crippen LogP contribution >= 0.6 is 15.9 Å². The molecule has 1 unspecified atom stereocenters. The average molecular weight is 326 g/mol. The Morgan fingerprint density at radius 2 is 2.05 bits per heavy atom. The molecule has 0 aromatic heterocycles. The monoisotopic (exact) mass is 325 g/mol. The van der Waals surface area contributed by atoms with Crippen molar-refractivity contribution in [3.63, 3.8) is 0 Å². The number of rotatable bonds is 3. The highest BCUT2D eigenvalue weighted by Crippen LogP contribution is 2.55. The molecule has 19 heavy (non-hydrogen) atoms. The predicted octanol–water partition coefficient (Wildman–Crippen LogP) is 3.16. The van der Waals surface area contributed by atoms with Gasteiger partial charge in [-0.1, -0.05) is 6.92 Å².